The molecule has 16 heavy (non-hydrogen) atoms. The zero-order chi connectivity index (χ0) is 11.2. The molecule has 1 aromatic carbocycles. The Kier molecular flexibility index (Phi) is 3.81. The van der Waals surface area contributed by atoms with E-state index in [1.54, 1.807) is 0 Å². The second-order valence-corrected chi connectivity index (χ2v) is 4.13. The van der Waals surface area contributed by atoms with E-state index in [1.807, 2.05) is 6.20 Å². The second-order valence-electron chi connectivity index (χ2n) is 4.13. The average molecular weight is 217 g/mol. The molecule has 3 nitrogen and oxygen atoms in total. The molecule has 86 valence electrons. The Hall–Kier alpha value is -1.51. The van der Waals surface area contributed by atoms with Gasteiger partial charge in [0, 0.05) is 11.9 Å². The van der Waals surface area contributed by atoms with Crippen LogP contribution in [-0.4, -0.2) is 16.7 Å². The summed E-state index contributed by atoms with van der Waals surface area (Å²) < 4.78 is 0. The highest BCUT2D eigenvalue weighted by molar-refractivity contribution is 5.89. The maximum Gasteiger partial charge on any atom is 0.0881 e. The minimum absolute atomic E-state index is 1.04. The minimum atomic E-state index is 1.04. The normalized spacial score (nSPS) is 10.8. The fraction of sp³-hybridized carbons (Fsp3) is 0.462. The van der Waals surface area contributed by atoms with Crippen molar-refractivity contribution in [2.24, 2.45) is 0 Å². The number of nitrogens with zero attached hydrogens (tertiary/aromatic N) is 1. The molecule has 0 saturated carbocycles. The third kappa shape index (κ3) is 2.54. The smallest absolute Gasteiger partial charge is 0.0881 e. The molecule has 2 rings (SSSR count). The lowest BCUT2D eigenvalue weighted by Crippen LogP contribution is -2.01. The van der Waals surface area contributed by atoms with E-state index in [1.165, 1.54) is 31.1 Å². The average Bonchev–Trinajstić information content (AvgIpc) is 2.77. The number of anilines is 1. The first-order chi connectivity index (χ1) is 7.92. The molecule has 0 aliphatic carbocycles. The lowest BCUT2D eigenvalue weighted by atomic mass is 10.2. The predicted octanol–water partition coefficient (Wildman–Crippen LogP) is 3.56. The highest BCUT2D eigenvalue weighted by Crippen LogP contribution is 2.20. The van der Waals surface area contributed by atoms with Gasteiger partial charge in [0.15, 0.2) is 0 Å². The summed E-state index contributed by atoms with van der Waals surface area (Å²) in [6.07, 6.45) is 7.02. The SMILES string of the molecule is CCCCCCNc1cccc2cn[nH]c12. The maximum absolute atomic E-state index is 4.05. The summed E-state index contributed by atoms with van der Waals surface area (Å²) in [4.78, 5) is 0. The molecular formula is C13H19N3. The molecule has 0 spiro atoms. The summed E-state index contributed by atoms with van der Waals surface area (Å²) in [6.45, 7) is 3.27. The van der Waals surface area contributed by atoms with E-state index in [-0.39, 0.29) is 0 Å². The number of para-hydroxylation sites is 1. The Morgan fingerprint density at radius 1 is 1.25 bits per heavy atom. The Morgan fingerprint density at radius 2 is 2.19 bits per heavy atom. The van der Waals surface area contributed by atoms with Crippen LogP contribution in [0.1, 0.15) is 32.6 Å². The van der Waals surface area contributed by atoms with Gasteiger partial charge in [0.05, 0.1) is 17.4 Å². The number of aromatic nitrogens is 2. The van der Waals surface area contributed by atoms with Crippen molar-refractivity contribution < 1.29 is 0 Å². The van der Waals surface area contributed by atoms with Gasteiger partial charge in [0.1, 0.15) is 0 Å². The zero-order valence-corrected chi connectivity index (χ0v) is 9.79. The standard InChI is InChI=1S/C13H19N3/c1-2-3-4-5-9-14-12-8-6-7-11-10-15-16-13(11)12/h6-8,10,14H,2-5,9H2,1H3,(H,15,16). The molecule has 2 aromatic rings. The molecule has 1 aromatic heterocycles. The molecule has 2 N–H and O–H groups in total. The third-order valence-electron chi connectivity index (χ3n) is 2.82. The molecule has 0 amide bonds. The number of aromatic amines is 1. The van der Waals surface area contributed by atoms with E-state index < -0.39 is 0 Å². The van der Waals surface area contributed by atoms with Gasteiger partial charge in [-0.3, -0.25) is 5.10 Å². The van der Waals surface area contributed by atoms with Crippen molar-refractivity contribution in [1.29, 1.82) is 0 Å². The molecule has 0 bridgehead atoms. The van der Waals surface area contributed by atoms with Gasteiger partial charge in [-0.05, 0) is 12.5 Å². The fourth-order valence-corrected chi connectivity index (χ4v) is 1.89. The van der Waals surface area contributed by atoms with E-state index in [0.717, 1.165) is 17.7 Å². The Labute approximate surface area is 96.2 Å². The van der Waals surface area contributed by atoms with E-state index >= 15 is 0 Å². The van der Waals surface area contributed by atoms with Gasteiger partial charge in [-0.15, -0.1) is 0 Å². The molecule has 3 heteroatoms. The van der Waals surface area contributed by atoms with Crippen LogP contribution in [0, 0.1) is 0 Å². The van der Waals surface area contributed by atoms with Crippen LogP contribution in [0.2, 0.25) is 0 Å². The van der Waals surface area contributed by atoms with Crippen LogP contribution in [0.3, 0.4) is 0 Å². The zero-order valence-electron chi connectivity index (χ0n) is 9.79. The van der Waals surface area contributed by atoms with E-state index in [0.29, 0.717) is 0 Å². The lowest BCUT2D eigenvalue weighted by molar-refractivity contribution is 0.685. The van der Waals surface area contributed by atoms with Gasteiger partial charge in [-0.25, -0.2) is 0 Å². The molecule has 0 radical (unpaired) electrons. The fourth-order valence-electron chi connectivity index (χ4n) is 1.89. The van der Waals surface area contributed by atoms with Gasteiger partial charge < -0.3 is 5.32 Å². The molecule has 0 fully saturated rings. The van der Waals surface area contributed by atoms with Crippen molar-refractivity contribution in [3.8, 4) is 0 Å². The Morgan fingerprint density at radius 3 is 3.06 bits per heavy atom. The van der Waals surface area contributed by atoms with Gasteiger partial charge in [0.25, 0.3) is 0 Å². The number of unbranched alkanes of at least 4 members (excludes halogenated alkanes) is 3. The molecule has 0 aliphatic rings. The van der Waals surface area contributed by atoms with E-state index in [9.17, 15) is 0 Å². The van der Waals surface area contributed by atoms with Crippen LogP contribution in [-0.2, 0) is 0 Å². The van der Waals surface area contributed by atoms with Crippen molar-refractivity contribution in [3.05, 3.63) is 24.4 Å². The Balaban J connectivity index is 1.91. The molecule has 0 unspecified atom stereocenters. The molecular weight excluding hydrogens is 198 g/mol. The monoisotopic (exact) mass is 217 g/mol. The number of hydrogen-bond acceptors (Lipinski definition) is 2. The highest BCUT2D eigenvalue weighted by Gasteiger charge is 2.00. The van der Waals surface area contributed by atoms with Crippen molar-refractivity contribution in [2.75, 3.05) is 11.9 Å². The van der Waals surface area contributed by atoms with Gasteiger partial charge in [-0.1, -0.05) is 38.3 Å². The summed E-state index contributed by atoms with van der Waals surface area (Å²) in [5, 5.41) is 11.7. The summed E-state index contributed by atoms with van der Waals surface area (Å²) in [5.41, 5.74) is 2.27. The van der Waals surface area contributed by atoms with Crippen molar-refractivity contribution in [2.45, 2.75) is 32.6 Å². The summed E-state index contributed by atoms with van der Waals surface area (Å²) in [6, 6.07) is 6.23. The van der Waals surface area contributed by atoms with Crippen LogP contribution >= 0.6 is 0 Å². The number of H-pyrrole nitrogens is 1. The first kappa shape index (κ1) is 11.0. The number of hydrogen-bond donors (Lipinski definition) is 2. The van der Waals surface area contributed by atoms with Crippen molar-refractivity contribution >= 4 is 16.6 Å². The van der Waals surface area contributed by atoms with Crippen LogP contribution in [0.15, 0.2) is 24.4 Å². The van der Waals surface area contributed by atoms with Gasteiger partial charge in [-0.2, -0.15) is 5.10 Å². The lowest BCUT2D eigenvalue weighted by Gasteiger charge is -2.06. The summed E-state index contributed by atoms with van der Waals surface area (Å²) >= 11 is 0. The first-order valence-corrected chi connectivity index (χ1v) is 6.08. The largest absolute Gasteiger partial charge is 0.383 e. The number of nitrogens with one attached hydrogen (secondary N) is 2. The maximum atomic E-state index is 4.05. The van der Waals surface area contributed by atoms with E-state index in [2.05, 4.69) is 40.6 Å². The van der Waals surface area contributed by atoms with Crippen molar-refractivity contribution in [3.63, 3.8) is 0 Å². The molecule has 1 heterocycles. The molecule has 0 atom stereocenters. The van der Waals surface area contributed by atoms with Crippen LogP contribution in [0.25, 0.3) is 10.9 Å². The van der Waals surface area contributed by atoms with Crippen molar-refractivity contribution in [1.82, 2.24) is 10.2 Å². The number of benzene rings is 1. The molecule has 0 saturated heterocycles. The second kappa shape index (κ2) is 5.54. The highest BCUT2D eigenvalue weighted by atomic mass is 15.1. The molecule has 0 aliphatic heterocycles. The predicted molar refractivity (Wildman–Crippen MR) is 68.7 cm³/mol. The van der Waals surface area contributed by atoms with Gasteiger partial charge in [0.2, 0.25) is 0 Å². The third-order valence-corrected chi connectivity index (χ3v) is 2.82. The van der Waals surface area contributed by atoms with Gasteiger partial charge >= 0.3 is 0 Å². The first-order valence-electron chi connectivity index (χ1n) is 6.08. The quantitative estimate of drug-likeness (QED) is 0.726. The minimum Gasteiger partial charge on any atom is -0.383 e. The van der Waals surface area contributed by atoms with E-state index in [4.69, 9.17) is 0 Å². The van der Waals surface area contributed by atoms with Crippen LogP contribution in [0.4, 0.5) is 5.69 Å². The number of rotatable bonds is 6. The summed E-state index contributed by atoms with van der Waals surface area (Å²) in [5.74, 6) is 0. The number of fused-ring (bicyclic) bond motifs is 1. The summed E-state index contributed by atoms with van der Waals surface area (Å²) in [7, 11) is 0. The van der Waals surface area contributed by atoms with Crippen LogP contribution in [0.5, 0.6) is 0 Å². The van der Waals surface area contributed by atoms with Crippen LogP contribution < -0.4 is 5.32 Å². The topological polar surface area (TPSA) is 40.7 Å². The Bertz CT molecular complexity index is 433.